The predicted molar refractivity (Wildman–Crippen MR) is 297 cm³/mol. The number of aromatic amines is 2. The molecule has 17 nitrogen and oxygen atoms in total. The highest BCUT2D eigenvalue weighted by Crippen LogP contribution is 2.48. The first-order valence-corrected chi connectivity index (χ1v) is 28.3. The van der Waals surface area contributed by atoms with E-state index in [0.29, 0.717) is 72.4 Å². The summed E-state index contributed by atoms with van der Waals surface area (Å²) >= 11 is 0. The summed E-state index contributed by atoms with van der Waals surface area (Å²) in [5, 5.41) is 6.34. The number of H-pyrrole nitrogens is 2. The van der Waals surface area contributed by atoms with Crippen LogP contribution in [0.3, 0.4) is 0 Å². The summed E-state index contributed by atoms with van der Waals surface area (Å²) in [6.07, 6.45) is 12.2. The van der Waals surface area contributed by atoms with Crippen LogP contribution in [0, 0.1) is 29.5 Å². The first-order chi connectivity index (χ1) is 38.2. The van der Waals surface area contributed by atoms with Gasteiger partial charge in [0.05, 0.1) is 79.6 Å². The Bertz CT molecular complexity index is 3160. The Balaban J connectivity index is 0.958. The molecule has 4 aliphatic rings. The van der Waals surface area contributed by atoms with Gasteiger partial charge in [0, 0.05) is 40.5 Å². The number of ketones is 1. The van der Waals surface area contributed by atoms with E-state index in [0.717, 1.165) is 72.1 Å². The number of carbonyl (C=O) groups excluding carboxylic acids is 4. The van der Waals surface area contributed by atoms with Gasteiger partial charge in [-0.2, -0.15) is 0 Å². The second-order valence-electron chi connectivity index (χ2n) is 22.6. The fourth-order valence-corrected chi connectivity index (χ4v) is 12.4. The Morgan fingerprint density at radius 2 is 1.49 bits per heavy atom. The SMILES string of the molecule is COC(=O)NC(C(=O)C1CC(c2ncc(-c3cc(F)c4c(c3)OC(c3cccc(OCCOC5CCCCC5)c3)n3c-4cc4cc(-c5cnc(C6CCCN6C(=O)C(NC(=O)OC)C(C)C)[nH]5)ccc43)[nH]2)CCCC1C)C(C)C. The Kier molecular flexibility index (Phi) is 16.8. The second kappa shape index (κ2) is 24.0. The summed E-state index contributed by atoms with van der Waals surface area (Å²) in [6.45, 7) is 11.1. The number of benzene rings is 3. The number of halogens is 1. The molecule has 0 spiro atoms. The smallest absolute Gasteiger partial charge is 0.407 e. The number of hydrogen-bond donors (Lipinski definition) is 4. The molecule has 2 aliphatic carbocycles. The van der Waals surface area contributed by atoms with Crippen molar-refractivity contribution in [2.24, 2.45) is 23.7 Å². The molecule has 2 saturated carbocycles. The van der Waals surface area contributed by atoms with E-state index in [1.54, 1.807) is 17.3 Å². The van der Waals surface area contributed by atoms with E-state index in [2.05, 4.69) is 33.6 Å². The molecule has 1 saturated heterocycles. The van der Waals surface area contributed by atoms with Gasteiger partial charge in [-0.3, -0.25) is 9.59 Å². The van der Waals surface area contributed by atoms with Gasteiger partial charge in [0.2, 0.25) is 12.1 Å². The topological polar surface area (TPSA) is 204 Å². The molecule has 7 unspecified atom stereocenters. The van der Waals surface area contributed by atoms with Gasteiger partial charge in [-0.05, 0) is 105 Å². The van der Waals surface area contributed by atoms with E-state index in [1.165, 1.54) is 39.5 Å². The van der Waals surface area contributed by atoms with Crippen LogP contribution in [0.2, 0.25) is 0 Å². The van der Waals surface area contributed by atoms with Gasteiger partial charge < -0.3 is 53.8 Å². The van der Waals surface area contributed by atoms with Crippen molar-refractivity contribution in [1.29, 1.82) is 0 Å². The van der Waals surface area contributed by atoms with Gasteiger partial charge in [0.15, 0.2) is 5.78 Å². The van der Waals surface area contributed by atoms with Crippen LogP contribution < -0.4 is 20.1 Å². The number of nitrogens with one attached hydrogen (secondary N) is 4. The number of alkyl carbamates (subject to hydrolysis) is 2. The lowest BCUT2D eigenvalue weighted by Crippen LogP contribution is -2.51. The summed E-state index contributed by atoms with van der Waals surface area (Å²) in [5.74, 6) is 1.19. The number of hydrogen-bond acceptors (Lipinski definition) is 11. The number of aromatic nitrogens is 5. The molecule has 7 atom stereocenters. The molecule has 3 aromatic carbocycles. The number of likely N-dealkylation sites (tertiary alicyclic amines) is 1. The van der Waals surface area contributed by atoms with Gasteiger partial charge in [0.25, 0.3) is 0 Å². The fraction of sp³-hybridized carbons (Fsp3) is 0.508. The number of amides is 3. The first kappa shape index (κ1) is 55.1. The number of ether oxygens (including phenoxy) is 5. The molecule has 5 heterocycles. The molecule has 2 aliphatic heterocycles. The molecule has 420 valence electrons. The highest BCUT2D eigenvalue weighted by Gasteiger charge is 2.40. The first-order valence-electron chi connectivity index (χ1n) is 28.3. The summed E-state index contributed by atoms with van der Waals surface area (Å²) < 4.78 is 48.4. The number of imidazole rings is 2. The average molecular weight is 1080 g/mol. The van der Waals surface area contributed by atoms with Gasteiger partial charge in [-0.1, -0.05) is 78.5 Å². The van der Waals surface area contributed by atoms with E-state index >= 15 is 4.39 Å². The van der Waals surface area contributed by atoms with Crippen molar-refractivity contribution in [3.05, 3.63) is 96.1 Å². The Labute approximate surface area is 461 Å². The molecular formula is C61H75FN8O9. The van der Waals surface area contributed by atoms with Gasteiger partial charge in [-0.25, -0.2) is 23.9 Å². The Morgan fingerprint density at radius 3 is 2.24 bits per heavy atom. The van der Waals surface area contributed by atoms with Gasteiger partial charge >= 0.3 is 12.2 Å². The summed E-state index contributed by atoms with van der Waals surface area (Å²) in [6, 6.07) is 17.5. The third-order valence-electron chi connectivity index (χ3n) is 16.7. The monoisotopic (exact) mass is 1080 g/mol. The van der Waals surface area contributed by atoms with Crippen LogP contribution in [0.4, 0.5) is 14.0 Å². The molecule has 10 rings (SSSR count). The molecule has 79 heavy (non-hydrogen) atoms. The standard InChI is InChI=1S/C61H75FN8O9/c1-34(2)53(67-60(73)75-6)55(71)44-28-38(15-11-14-36(44)5)56-63-33-47(65-56)40-29-45(62)52-50-30-41-26-37(46-32-64-57(66-46)49-20-13-23-69(49)58(72)54(35(3)4)68-61(74)76-7)21-22-48(41)70(50)59(79-51(52)31-40)39-16-12-19-43(27-39)78-25-24-77-42-17-9-8-10-18-42/h12,16,19,21-22,26-27,29-36,38,42,44,49,53-54,59H,8-11,13-15,17-18,20,23-25,28H2,1-7H3,(H,63,65)(H,64,66)(H,67,73)(H,68,74). The van der Waals surface area contributed by atoms with Crippen molar-refractivity contribution in [2.45, 2.75) is 142 Å². The van der Waals surface area contributed by atoms with Crippen molar-refractivity contribution in [1.82, 2.24) is 40.0 Å². The lowest BCUT2D eigenvalue weighted by molar-refractivity contribution is -0.135. The normalized spacial score (nSPS) is 21.2. The molecule has 0 radical (unpaired) electrons. The highest BCUT2D eigenvalue weighted by molar-refractivity contribution is 5.93. The zero-order valence-corrected chi connectivity index (χ0v) is 46.4. The molecule has 3 amide bonds. The molecule has 3 fully saturated rings. The van der Waals surface area contributed by atoms with E-state index in [9.17, 15) is 19.2 Å². The highest BCUT2D eigenvalue weighted by atomic mass is 19.1. The van der Waals surface area contributed by atoms with Crippen LogP contribution in [0.5, 0.6) is 11.5 Å². The number of nitrogens with zero attached hydrogens (tertiary/aromatic N) is 4. The second-order valence-corrected chi connectivity index (χ2v) is 22.6. The fourth-order valence-electron chi connectivity index (χ4n) is 12.4. The van der Waals surface area contributed by atoms with Crippen molar-refractivity contribution >= 4 is 34.8 Å². The lowest BCUT2D eigenvalue weighted by Gasteiger charge is -2.31. The average Bonchev–Trinajstić information content (AvgIpc) is 4.45. The largest absolute Gasteiger partial charge is 0.491 e. The zero-order valence-electron chi connectivity index (χ0n) is 46.4. The molecule has 6 aromatic rings. The van der Waals surface area contributed by atoms with Crippen LogP contribution in [0.15, 0.2) is 73.1 Å². The third-order valence-corrected chi connectivity index (χ3v) is 16.7. The minimum atomic E-state index is -0.754. The van der Waals surface area contributed by atoms with Crippen molar-refractivity contribution in [2.75, 3.05) is 34.0 Å². The number of rotatable bonds is 17. The van der Waals surface area contributed by atoms with Crippen LogP contribution >= 0.6 is 0 Å². The molecule has 4 N–H and O–H groups in total. The van der Waals surface area contributed by atoms with E-state index in [1.807, 2.05) is 80.8 Å². The molecule has 0 bridgehead atoms. The van der Waals surface area contributed by atoms with Crippen LogP contribution in [0.1, 0.15) is 141 Å². The summed E-state index contributed by atoms with van der Waals surface area (Å²) in [5.41, 5.74) is 5.36. The number of Topliss-reactive ketones (excluding diaryl/α,β-unsaturated/α-hetero) is 1. The van der Waals surface area contributed by atoms with Gasteiger partial charge in [-0.15, -0.1) is 0 Å². The number of fused-ring (bicyclic) bond motifs is 5. The Morgan fingerprint density at radius 1 is 0.772 bits per heavy atom. The van der Waals surface area contributed by atoms with Crippen molar-refractivity contribution < 1.29 is 47.3 Å². The minimum Gasteiger partial charge on any atom is -0.491 e. The van der Waals surface area contributed by atoms with Crippen molar-refractivity contribution in [3.8, 4) is 45.3 Å². The molecule has 18 heteroatoms. The third kappa shape index (κ3) is 11.8. The Hall–Kier alpha value is -7.21. The van der Waals surface area contributed by atoms with Gasteiger partial charge in [0.1, 0.15) is 41.6 Å². The zero-order chi connectivity index (χ0) is 55.5. The minimum absolute atomic E-state index is 0.00579. The summed E-state index contributed by atoms with van der Waals surface area (Å²) in [4.78, 5) is 71.0. The van der Waals surface area contributed by atoms with E-state index in [-0.39, 0.29) is 53.4 Å². The lowest BCUT2D eigenvalue weighted by atomic mass is 9.79. The maximum Gasteiger partial charge on any atom is 0.407 e. The van der Waals surface area contributed by atoms with E-state index in [4.69, 9.17) is 33.7 Å². The predicted octanol–water partition coefficient (Wildman–Crippen LogP) is 11.8. The van der Waals surface area contributed by atoms with Crippen LogP contribution in [-0.2, 0) is 23.8 Å². The maximum atomic E-state index is 17.2. The number of carbonyl (C=O) groups is 4. The van der Waals surface area contributed by atoms with Crippen LogP contribution in [-0.4, -0.2) is 105 Å². The van der Waals surface area contributed by atoms with Crippen molar-refractivity contribution in [3.63, 3.8) is 0 Å². The van der Waals surface area contributed by atoms with Crippen LogP contribution in [0.25, 0.3) is 44.7 Å². The summed E-state index contributed by atoms with van der Waals surface area (Å²) in [7, 11) is 2.58. The van der Waals surface area contributed by atoms with E-state index < -0.39 is 36.3 Å². The maximum absolute atomic E-state index is 17.2. The molecular weight excluding hydrogens is 1010 g/mol. The molecule has 3 aromatic heterocycles. The quantitative estimate of drug-likeness (QED) is 0.0500. The number of methoxy groups -OCH3 is 2.